The highest BCUT2D eigenvalue weighted by Crippen LogP contribution is 2.23. The second-order valence-corrected chi connectivity index (χ2v) is 8.57. The van der Waals surface area contributed by atoms with Crippen molar-refractivity contribution in [3.63, 3.8) is 0 Å². The zero-order valence-corrected chi connectivity index (χ0v) is 17.4. The van der Waals surface area contributed by atoms with Gasteiger partial charge in [0.1, 0.15) is 12.4 Å². The number of aryl methyl sites for hydroxylation is 3. The highest BCUT2D eigenvalue weighted by atomic mass is 32.2. The fourth-order valence-corrected chi connectivity index (χ4v) is 3.96. The molecule has 3 aromatic carbocycles. The molecule has 0 fully saturated rings. The molecule has 0 aliphatic rings. The van der Waals surface area contributed by atoms with Crippen molar-refractivity contribution in [1.82, 2.24) is 4.72 Å². The van der Waals surface area contributed by atoms with Crippen LogP contribution in [0.3, 0.4) is 0 Å². The molecule has 0 bridgehead atoms. The average molecular weight is 410 g/mol. The monoisotopic (exact) mass is 409 g/mol. The van der Waals surface area contributed by atoms with E-state index in [0.29, 0.717) is 12.4 Å². The van der Waals surface area contributed by atoms with Gasteiger partial charge in [0.25, 0.3) is 15.9 Å². The van der Waals surface area contributed by atoms with E-state index in [9.17, 15) is 13.2 Å². The van der Waals surface area contributed by atoms with E-state index in [0.717, 1.165) is 22.3 Å². The van der Waals surface area contributed by atoms with Gasteiger partial charge in [-0.05, 0) is 67.3 Å². The van der Waals surface area contributed by atoms with E-state index in [1.807, 2.05) is 39.0 Å². The Kier molecular flexibility index (Phi) is 6.03. The first kappa shape index (κ1) is 20.6. The molecule has 1 amide bonds. The highest BCUT2D eigenvalue weighted by molar-refractivity contribution is 7.90. The maximum Gasteiger partial charge on any atom is 0.265 e. The van der Waals surface area contributed by atoms with E-state index in [2.05, 4.69) is 4.72 Å². The van der Waals surface area contributed by atoms with Gasteiger partial charge in [-0.25, -0.2) is 13.1 Å². The van der Waals surface area contributed by atoms with E-state index in [1.54, 1.807) is 36.4 Å². The molecule has 0 unspecified atom stereocenters. The summed E-state index contributed by atoms with van der Waals surface area (Å²) in [5.74, 6) is -0.164. The molecule has 0 radical (unpaired) electrons. The Labute approximate surface area is 171 Å². The molecule has 0 saturated heterocycles. The third-order valence-corrected chi connectivity index (χ3v) is 6.09. The summed E-state index contributed by atoms with van der Waals surface area (Å²) in [5.41, 5.74) is 4.43. The minimum Gasteiger partial charge on any atom is -0.489 e. The first-order valence-corrected chi connectivity index (χ1v) is 10.7. The van der Waals surface area contributed by atoms with Crippen molar-refractivity contribution in [2.75, 3.05) is 0 Å². The van der Waals surface area contributed by atoms with Crippen LogP contribution in [-0.2, 0) is 16.6 Å². The molecule has 29 heavy (non-hydrogen) atoms. The predicted molar refractivity (Wildman–Crippen MR) is 113 cm³/mol. The fourth-order valence-electron chi connectivity index (χ4n) is 2.96. The second kappa shape index (κ2) is 8.49. The van der Waals surface area contributed by atoms with E-state index < -0.39 is 15.9 Å². The van der Waals surface area contributed by atoms with Crippen LogP contribution in [0.2, 0.25) is 0 Å². The summed E-state index contributed by atoms with van der Waals surface area (Å²) < 4.78 is 32.8. The average Bonchev–Trinajstić information content (AvgIpc) is 2.69. The molecule has 6 heteroatoms. The standard InChI is InChI=1S/C23H23NO4S/c1-16-8-7-9-17(2)21(16)15-28-22-14-19(13-12-18(22)3)23(25)24-29(26,27)20-10-5-4-6-11-20/h4-14H,15H2,1-3H3,(H,24,25). The van der Waals surface area contributed by atoms with Crippen LogP contribution < -0.4 is 9.46 Å². The Bertz CT molecular complexity index is 1120. The van der Waals surface area contributed by atoms with E-state index >= 15 is 0 Å². The largest absolute Gasteiger partial charge is 0.489 e. The van der Waals surface area contributed by atoms with Crippen molar-refractivity contribution in [1.29, 1.82) is 0 Å². The Hall–Kier alpha value is -3.12. The molecular formula is C23H23NO4S. The second-order valence-electron chi connectivity index (χ2n) is 6.89. The molecule has 0 spiro atoms. The minimum absolute atomic E-state index is 0.0342. The first-order chi connectivity index (χ1) is 13.8. The summed E-state index contributed by atoms with van der Waals surface area (Å²) in [7, 11) is -3.94. The molecule has 3 rings (SSSR count). The van der Waals surface area contributed by atoms with Crippen LogP contribution >= 0.6 is 0 Å². The van der Waals surface area contributed by atoms with E-state index in [1.165, 1.54) is 12.1 Å². The first-order valence-electron chi connectivity index (χ1n) is 9.18. The van der Waals surface area contributed by atoms with E-state index in [-0.39, 0.29) is 10.5 Å². The number of rotatable bonds is 6. The van der Waals surface area contributed by atoms with Crippen LogP contribution in [0.4, 0.5) is 0 Å². The van der Waals surface area contributed by atoms with Gasteiger partial charge in [-0.3, -0.25) is 4.79 Å². The zero-order chi connectivity index (χ0) is 21.0. The lowest BCUT2D eigenvalue weighted by molar-refractivity contribution is 0.0981. The van der Waals surface area contributed by atoms with Gasteiger partial charge in [-0.1, -0.05) is 42.5 Å². The van der Waals surface area contributed by atoms with Crippen LogP contribution in [-0.4, -0.2) is 14.3 Å². The number of hydrogen-bond donors (Lipinski definition) is 1. The van der Waals surface area contributed by atoms with E-state index in [4.69, 9.17) is 4.74 Å². The van der Waals surface area contributed by atoms with Gasteiger partial charge in [0.05, 0.1) is 4.90 Å². The molecule has 3 aromatic rings. The maximum absolute atomic E-state index is 12.5. The molecule has 0 heterocycles. The molecule has 0 atom stereocenters. The summed E-state index contributed by atoms with van der Waals surface area (Å²) in [6, 6.07) is 18.7. The maximum atomic E-state index is 12.5. The molecule has 150 valence electrons. The number of sulfonamides is 1. The predicted octanol–water partition coefficient (Wildman–Crippen LogP) is 4.31. The number of amides is 1. The molecule has 0 aromatic heterocycles. The molecule has 0 aliphatic heterocycles. The summed E-state index contributed by atoms with van der Waals surface area (Å²) in [5, 5.41) is 0. The summed E-state index contributed by atoms with van der Waals surface area (Å²) in [6.45, 7) is 6.29. The summed E-state index contributed by atoms with van der Waals surface area (Å²) in [6.07, 6.45) is 0. The van der Waals surface area contributed by atoms with Gasteiger partial charge < -0.3 is 4.74 Å². The Morgan fingerprint density at radius 1 is 0.862 bits per heavy atom. The normalized spacial score (nSPS) is 11.1. The number of carbonyl (C=O) groups is 1. The van der Waals surface area contributed by atoms with Gasteiger partial charge in [-0.2, -0.15) is 0 Å². The van der Waals surface area contributed by atoms with Crippen molar-refractivity contribution in [3.8, 4) is 5.75 Å². The minimum atomic E-state index is -3.94. The summed E-state index contributed by atoms with van der Waals surface area (Å²) >= 11 is 0. The highest BCUT2D eigenvalue weighted by Gasteiger charge is 2.19. The smallest absolute Gasteiger partial charge is 0.265 e. The van der Waals surface area contributed by atoms with Crippen molar-refractivity contribution in [3.05, 3.63) is 94.5 Å². The lowest BCUT2D eigenvalue weighted by atomic mass is 10.0. The Morgan fingerprint density at radius 2 is 1.52 bits per heavy atom. The number of ether oxygens (including phenoxy) is 1. The van der Waals surface area contributed by atoms with Crippen molar-refractivity contribution in [2.24, 2.45) is 0 Å². The van der Waals surface area contributed by atoms with Crippen LogP contribution in [0.25, 0.3) is 0 Å². The van der Waals surface area contributed by atoms with Crippen molar-refractivity contribution >= 4 is 15.9 Å². The molecule has 5 nitrogen and oxygen atoms in total. The fraction of sp³-hybridized carbons (Fsp3) is 0.174. The number of carbonyl (C=O) groups excluding carboxylic acids is 1. The number of hydrogen-bond acceptors (Lipinski definition) is 4. The summed E-state index contributed by atoms with van der Waals surface area (Å²) in [4.78, 5) is 12.6. The Balaban J connectivity index is 1.79. The van der Waals surface area contributed by atoms with Gasteiger partial charge in [0.15, 0.2) is 0 Å². The van der Waals surface area contributed by atoms with Crippen molar-refractivity contribution < 1.29 is 17.9 Å². The SMILES string of the molecule is Cc1ccc(C(=O)NS(=O)(=O)c2ccccc2)cc1OCc1c(C)cccc1C. The van der Waals surface area contributed by atoms with Crippen LogP contribution in [0, 0.1) is 20.8 Å². The zero-order valence-electron chi connectivity index (χ0n) is 16.6. The number of nitrogens with one attached hydrogen (secondary N) is 1. The van der Waals surface area contributed by atoms with Gasteiger partial charge in [0.2, 0.25) is 0 Å². The van der Waals surface area contributed by atoms with Gasteiger partial charge >= 0.3 is 0 Å². The molecule has 0 saturated carbocycles. The molecule has 1 N–H and O–H groups in total. The molecular weight excluding hydrogens is 386 g/mol. The Morgan fingerprint density at radius 3 is 2.17 bits per heavy atom. The van der Waals surface area contributed by atoms with Crippen molar-refractivity contribution in [2.45, 2.75) is 32.3 Å². The lowest BCUT2D eigenvalue weighted by Gasteiger charge is -2.14. The lowest BCUT2D eigenvalue weighted by Crippen LogP contribution is -2.30. The van der Waals surface area contributed by atoms with Gasteiger partial charge in [0, 0.05) is 5.56 Å². The third-order valence-electron chi connectivity index (χ3n) is 4.75. The van der Waals surface area contributed by atoms with Gasteiger partial charge in [-0.15, -0.1) is 0 Å². The quantitative estimate of drug-likeness (QED) is 0.658. The topological polar surface area (TPSA) is 72.5 Å². The van der Waals surface area contributed by atoms with Crippen LogP contribution in [0.15, 0.2) is 71.6 Å². The van der Waals surface area contributed by atoms with Crippen LogP contribution in [0.5, 0.6) is 5.75 Å². The van der Waals surface area contributed by atoms with Crippen LogP contribution in [0.1, 0.15) is 32.6 Å². The third kappa shape index (κ3) is 4.84. The number of benzene rings is 3. The molecule has 0 aliphatic carbocycles.